The second kappa shape index (κ2) is 4.32. The van der Waals surface area contributed by atoms with Gasteiger partial charge in [-0.25, -0.2) is 9.78 Å². The number of carbonyl (C=O) groups is 1. The van der Waals surface area contributed by atoms with E-state index in [1.807, 2.05) is 6.92 Å². The van der Waals surface area contributed by atoms with Crippen LogP contribution in [-0.2, 0) is 0 Å². The second-order valence-electron chi connectivity index (χ2n) is 3.20. The SMILES string of the molecule is Cc1ccc(Oc2nccs2)c(C(=O)O)c1. The lowest BCUT2D eigenvalue weighted by atomic mass is 10.1. The highest BCUT2D eigenvalue weighted by molar-refractivity contribution is 7.11. The molecule has 0 atom stereocenters. The Morgan fingerprint density at radius 1 is 1.50 bits per heavy atom. The van der Waals surface area contributed by atoms with E-state index in [-0.39, 0.29) is 5.56 Å². The molecule has 4 nitrogen and oxygen atoms in total. The van der Waals surface area contributed by atoms with E-state index in [0.29, 0.717) is 10.9 Å². The van der Waals surface area contributed by atoms with Gasteiger partial charge in [-0.1, -0.05) is 23.0 Å². The topological polar surface area (TPSA) is 59.4 Å². The molecule has 0 bridgehead atoms. The Labute approximate surface area is 96.1 Å². The maximum Gasteiger partial charge on any atom is 0.339 e. The zero-order valence-electron chi connectivity index (χ0n) is 8.51. The zero-order chi connectivity index (χ0) is 11.5. The fourth-order valence-corrected chi connectivity index (χ4v) is 1.75. The normalized spacial score (nSPS) is 10.1. The van der Waals surface area contributed by atoms with Crippen LogP contribution in [0.1, 0.15) is 15.9 Å². The average Bonchev–Trinajstić information content (AvgIpc) is 2.73. The first-order valence-electron chi connectivity index (χ1n) is 4.58. The Kier molecular flexibility index (Phi) is 2.87. The number of rotatable bonds is 3. The summed E-state index contributed by atoms with van der Waals surface area (Å²) in [5, 5.41) is 11.2. The van der Waals surface area contributed by atoms with Gasteiger partial charge in [-0.05, 0) is 19.1 Å². The highest BCUT2D eigenvalue weighted by Crippen LogP contribution is 2.27. The van der Waals surface area contributed by atoms with Crippen molar-refractivity contribution in [3.8, 4) is 10.9 Å². The third-order valence-corrected chi connectivity index (χ3v) is 2.62. The van der Waals surface area contributed by atoms with Crippen LogP contribution < -0.4 is 4.74 Å². The Morgan fingerprint density at radius 3 is 2.94 bits per heavy atom. The summed E-state index contributed by atoms with van der Waals surface area (Å²) in [7, 11) is 0. The van der Waals surface area contributed by atoms with Gasteiger partial charge in [0, 0.05) is 11.6 Å². The molecule has 0 unspecified atom stereocenters. The van der Waals surface area contributed by atoms with Gasteiger partial charge in [-0.15, -0.1) is 0 Å². The van der Waals surface area contributed by atoms with Crippen LogP contribution >= 0.6 is 11.3 Å². The van der Waals surface area contributed by atoms with Crippen LogP contribution in [0.2, 0.25) is 0 Å². The maximum absolute atomic E-state index is 11.0. The van der Waals surface area contributed by atoms with Gasteiger partial charge in [0.1, 0.15) is 11.3 Å². The van der Waals surface area contributed by atoms with E-state index >= 15 is 0 Å². The van der Waals surface area contributed by atoms with Crippen LogP contribution in [0.25, 0.3) is 0 Å². The van der Waals surface area contributed by atoms with Crippen molar-refractivity contribution in [2.45, 2.75) is 6.92 Å². The molecule has 0 saturated heterocycles. The number of hydrogen-bond donors (Lipinski definition) is 1. The minimum atomic E-state index is -1.00. The highest BCUT2D eigenvalue weighted by atomic mass is 32.1. The molecule has 5 heteroatoms. The summed E-state index contributed by atoms with van der Waals surface area (Å²) >= 11 is 1.32. The summed E-state index contributed by atoms with van der Waals surface area (Å²) in [5.74, 6) is -0.691. The van der Waals surface area contributed by atoms with Gasteiger partial charge in [0.25, 0.3) is 5.19 Å². The molecule has 2 aromatic rings. The van der Waals surface area contributed by atoms with Gasteiger partial charge in [0.2, 0.25) is 0 Å². The van der Waals surface area contributed by atoms with E-state index in [4.69, 9.17) is 9.84 Å². The van der Waals surface area contributed by atoms with E-state index in [1.54, 1.807) is 29.8 Å². The van der Waals surface area contributed by atoms with Gasteiger partial charge in [-0.2, -0.15) is 0 Å². The lowest BCUT2D eigenvalue weighted by Gasteiger charge is -2.06. The molecule has 0 aliphatic rings. The molecular weight excluding hydrogens is 226 g/mol. The minimum absolute atomic E-state index is 0.148. The average molecular weight is 235 g/mol. The van der Waals surface area contributed by atoms with Gasteiger partial charge in [0.15, 0.2) is 0 Å². The van der Waals surface area contributed by atoms with Crippen LogP contribution in [0, 0.1) is 6.92 Å². The smallest absolute Gasteiger partial charge is 0.339 e. The van der Waals surface area contributed by atoms with E-state index < -0.39 is 5.97 Å². The van der Waals surface area contributed by atoms with Crippen molar-refractivity contribution in [1.82, 2.24) is 4.98 Å². The van der Waals surface area contributed by atoms with Crippen LogP contribution in [0.4, 0.5) is 0 Å². The van der Waals surface area contributed by atoms with Crippen LogP contribution in [0.5, 0.6) is 10.9 Å². The minimum Gasteiger partial charge on any atom is -0.478 e. The monoisotopic (exact) mass is 235 g/mol. The van der Waals surface area contributed by atoms with Crippen molar-refractivity contribution in [3.63, 3.8) is 0 Å². The van der Waals surface area contributed by atoms with Crippen molar-refractivity contribution in [2.75, 3.05) is 0 Å². The predicted octanol–water partition coefficient (Wildman–Crippen LogP) is 2.94. The molecule has 0 fully saturated rings. The number of hydrogen-bond acceptors (Lipinski definition) is 4. The molecule has 1 aromatic carbocycles. The quantitative estimate of drug-likeness (QED) is 0.888. The maximum atomic E-state index is 11.0. The van der Waals surface area contributed by atoms with Gasteiger partial charge in [0.05, 0.1) is 0 Å². The number of thiazole rings is 1. The van der Waals surface area contributed by atoms with Crippen molar-refractivity contribution < 1.29 is 14.6 Å². The fraction of sp³-hybridized carbons (Fsp3) is 0.0909. The molecular formula is C11H9NO3S. The largest absolute Gasteiger partial charge is 0.478 e. The van der Waals surface area contributed by atoms with Gasteiger partial charge >= 0.3 is 5.97 Å². The third kappa shape index (κ3) is 2.20. The van der Waals surface area contributed by atoms with Crippen molar-refractivity contribution in [3.05, 3.63) is 40.9 Å². The lowest BCUT2D eigenvalue weighted by molar-refractivity contribution is 0.0694. The molecule has 0 amide bonds. The van der Waals surface area contributed by atoms with E-state index in [0.717, 1.165) is 5.56 Å². The number of benzene rings is 1. The molecule has 1 N–H and O–H groups in total. The standard InChI is InChI=1S/C11H9NO3S/c1-7-2-3-9(8(6-7)10(13)14)15-11-12-4-5-16-11/h2-6H,1H3,(H,13,14). The lowest BCUT2D eigenvalue weighted by Crippen LogP contribution is -2.00. The number of nitrogens with zero attached hydrogens (tertiary/aromatic N) is 1. The number of carboxylic acid groups (broad SMARTS) is 1. The van der Waals surface area contributed by atoms with Crippen molar-refractivity contribution in [1.29, 1.82) is 0 Å². The van der Waals surface area contributed by atoms with Gasteiger partial charge in [-0.3, -0.25) is 0 Å². The van der Waals surface area contributed by atoms with Gasteiger partial charge < -0.3 is 9.84 Å². The van der Waals surface area contributed by atoms with E-state index in [9.17, 15) is 4.79 Å². The summed E-state index contributed by atoms with van der Waals surface area (Å²) in [6.45, 7) is 1.83. The summed E-state index contributed by atoms with van der Waals surface area (Å²) in [6.07, 6.45) is 1.61. The number of aromatic nitrogens is 1. The molecule has 0 saturated carbocycles. The molecule has 82 valence electrons. The number of carboxylic acids is 1. The zero-order valence-corrected chi connectivity index (χ0v) is 9.32. The Balaban J connectivity index is 2.36. The third-order valence-electron chi connectivity index (χ3n) is 1.97. The Bertz CT molecular complexity index is 508. The van der Waals surface area contributed by atoms with Crippen LogP contribution in [0.3, 0.4) is 0 Å². The fourth-order valence-electron chi connectivity index (χ4n) is 1.25. The number of ether oxygens (including phenoxy) is 1. The van der Waals surface area contributed by atoms with Crippen molar-refractivity contribution >= 4 is 17.3 Å². The summed E-state index contributed by atoms with van der Waals surface area (Å²) in [6, 6.07) is 5.01. The van der Waals surface area contributed by atoms with E-state index in [2.05, 4.69) is 4.98 Å². The summed E-state index contributed by atoms with van der Waals surface area (Å²) < 4.78 is 5.39. The van der Waals surface area contributed by atoms with Crippen LogP contribution in [-0.4, -0.2) is 16.1 Å². The Hall–Kier alpha value is -1.88. The molecule has 0 aliphatic heterocycles. The first-order valence-corrected chi connectivity index (χ1v) is 5.46. The molecule has 0 radical (unpaired) electrons. The molecule has 0 spiro atoms. The molecule has 2 rings (SSSR count). The molecule has 16 heavy (non-hydrogen) atoms. The first kappa shape index (κ1) is 10.6. The molecule has 1 aromatic heterocycles. The second-order valence-corrected chi connectivity index (χ2v) is 4.06. The molecule has 1 heterocycles. The van der Waals surface area contributed by atoms with Crippen LogP contribution in [0.15, 0.2) is 29.8 Å². The number of aromatic carboxylic acids is 1. The predicted molar refractivity (Wildman–Crippen MR) is 60.3 cm³/mol. The highest BCUT2D eigenvalue weighted by Gasteiger charge is 2.12. The first-order chi connectivity index (χ1) is 7.66. The summed E-state index contributed by atoms with van der Waals surface area (Å²) in [5.41, 5.74) is 1.03. The van der Waals surface area contributed by atoms with Crippen molar-refractivity contribution in [2.24, 2.45) is 0 Å². The van der Waals surface area contributed by atoms with E-state index in [1.165, 1.54) is 11.3 Å². The Morgan fingerprint density at radius 2 is 2.31 bits per heavy atom. The number of aryl methyl sites for hydroxylation is 1. The summed E-state index contributed by atoms with van der Waals surface area (Å²) in [4.78, 5) is 14.9. The molecule has 0 aliphatic carbocycles.